The van der Waals surface area contributed by atoms with Crippen molar-refractivity contribution in [1.82, 2.24) is 20.1 Å². The Hall–Kier alpha value is -0.720. The van der Waals surface area contributed by atoms with E-state index in [1.807, 2.05) is 13.1 Å². The number of hydrogen-bond acceptors (Lipinski definition) is 4. The predicted molar refractivity (Wildman–Crippen MR) is 87.3 cm³/mol. The summed E-state index contributed by atoms with van der Waals surface area (Å²) in [6.45, 7) is 9.40. The molecule has 2 aromatic heterocycles. The smallest absolute Gasteiger partial charge is 0.0897 e. The van der Waals surface area contributed by atoms with Gasteiger partial charge in [0.05, 0.1) is 33.1 Å². The molecule has 20 heavy (non-hydrogen) atoms. The lowest BCUT2D eigenvalue weighted by Gasteiger charge is -2.21. The highest BCUT2D eigenvalue weighted by Gasteiger charge is 2.22. The van der Waals surface area contributed by atoms with Crippen LogP contribution >= 0.6 is 27.3 Å². The summed E-state index contributed by atoms with van der Waals surface area (Å²) < 4.78 is 3.14. The number of aryl methyl sites for hydroxylation is 1. The Labute approximate surface area is 132 Å². The molecule has 0 bridgehead atoms. The van der Waals surface area contributed by atoms with Crippen molar-refractivity contribution in [2.75, 3.05) is 6.54 Å². The number of aromatic nitrogens is 3. The van der Waals surface area contributed by atoms with Crippen molar-refractivity contribution >= 4 is 27.3 Å². The van der Waals surface area contributed by atoms with Gasteiger partial charge in [-0.3, -0.25) is 4.68 Å². The molecule has 0 amide bonds. The minimum Gasteiger partial charge on any atom is -0.309 e. The molecule has 0 aliphatic carbocycles. The minimum atomic E-state index is 0.223. The second-order valence-corrected chi connectivity index (χ2v) is 7.00. The summed E-state index contributed by atoms with van der Waals surface area (Å²) in [5.74, 6) is 0. The molecule has 0 aromatic carbocycles. The molecule has 1 unspecified atom stereocenters. The average Bonchev–Trinajstić information content (AvgIpc) is 2.95. The minimum absolute atomic E-state index is 0.223. The molecule has 0 aliphatic rings. The van der Waals surface area contributed by atoms with E-state index in [1.165, 1.54) is 5.69 Å². The van der Waals surface area contributed by atoms with Crippen LogP contribution in [0.4, 0.5) is 0 Å². The van der Waals surface area contributed by atoms with Crippen LogP contribution in [0.5, 0.6) is 0 Å². The zero-order valence-corrected chi connectivity index (χ0v) is 14.8. The van der Waals surface area contributed by atoms with Crippen LogP contribution < -0.4 is 5.32 Å². The van der Waals surface area contributed by atoms with Crippen LogP contribution in [0, 0.1) is 6.92 Å². The highest BCUT2D eigenvalue weighted by Crippen LogP contribution is 2.28. The first-order valence-electron chi connectivity index (χ1n) is 6.90. The fourth-order valence-corrected chi connectivity index (χ4v) is 3.49. The fourth-order valence-electron chi connectivity index (χ4n) is 2.31. The molecule has 0 fully saturated rings. The van der Waals surface area contributed by atoms with Crippen molar-refractivity contribution in [2.45, 2.75) is 46.2 Å². The lowest BCUT2D eigenvalue weighted by molar-refractivity contribution is 0.445. The first-order valence-corrected chi connectivity index (χ1v) is 8.57. The number of hydrogen-bond donors (Lipinski definition) is 1. The number of likely N-dealkylation sites (N-methyl/N-ethyl adjacent to an activating group) is 1. The van der Waals surface area contributed by atoms with Crippen molar-refractivity contribution < 1.29 is 0 Å². The first kappa shape index (κ1) is 15.7. The third-order valence-corrected chi connectivity index (χ3v) is 4.57. The van der Waals surface area contributed by atoms with Crippen LogP contribution in [0.2, 0.25) is 0 Å². The van der Waals surface area contributed by atoms with Crippen LogP contribution in [-0.4, -0.2) is 21.3 Å². The SMILES string of the molecule is CCNC(Cc1csc(C)n1)c1c(Br)cnn1C(C)C. The van der Waals surface area contributed by atoms with E-state index < -0.39 is 0 Å². The van der Waals surface area contributed by atoms with Crippen molar-refractivity contribution in [3.05, 3.63) is 32.4 Å². The number of halogens is 1. The summed E-state index contributed by atoms with van der Waals surface area (Å²) in [6.07, 6.45) is 2.77. The van der Waals surface area contributed by atoms with Gasteiger partial charge in [0, 0.05) is 17.8 Å². The summed E-state index contributed by atoms with van der Waals surface area (Å²) >= 11 is 5.34. The normalized spacial score (nSPS) is 13.1. The van der Waals surface area contributed by atoms with Gasteiger partial charge in [-0.15, -0.1) is 11.3 Å². The van der Waals surface area contributed by atoms with E-state index in [9.17, 15) is 0 Å². The molecule has 4 nitrogen and oxygen atoms in total. The van der Waals surface area contributed by atoms with Gasteiger partial charge in [-0.1, -0.05) is 6.92 Å². The van der Waals surface area contributed by atoms with Gasteiger partial charge in [-0.05, 0) is 43.2 Å². The third-order valence-electron chi connectivity index (χ3n) is 3.14. The monoisotopic (exact) mass is 356 g/mol. The van der Waals surface area contributed by atoms with E-state index in [-0.39, 0.29) is 6.04 Å². The summed E-state index contributed by atoms with van der Waals surface area (Å²) in [5.41, 5.74) is 2.34. The van der Waals surface area contributed by atoms with E-state index in [0.717, 1.165) is 28.1 Å². The highest BCUT2D eigenvalue weighted by atomic mass is 79.9. The Morgan fingerprint density at radius 3 is 2.75 bits per heavy atom. The van der Waals surface area contributed by atoms with Crippen LogP contribution in [0.25, 0.3) is 0 Å². The molecule has 110 valence electrons. The molecule has 1 N–H and O–H groups in total. The van der Waals surface area contributed by atoms with E-state index >= 15 is 0 Å². The van der Waals surface area contributed by atoms with Gasteiger partial charge in [0.2, 0.25) is 0 Å². The van der Waals surface area contributed by atoms with Gasteiger partial charge in [-0.25, -0.2) is 4.98 Å². The topological polar surface area (TPSA) is 42.7 Å². The van der Waals surface area contributed by atoms with E-state index in [2.05, 4.69) is 62.2 Å². The summed E-state index contributed by atoms with van der Waals surface area (Å²) in [7, 11) is 0. The third kappa shape index (κ3) is 3.48. The van der Waals surface area contributed by atoms with Gasteiger partial charge in [-0.2, -0.15) is 5.10 Å². The van der Waals surface area contributed by atoms with Crippen molar-refractivity contribution in [1.29, 1.82) is 0 Å². The Morgan fingerprint density at radius 2 is 2.20 bits per heavy atom. The highest BCUT2D eigenvalue weighted by molar-refractivity contribution is 9.10. The van der Waals surface area contributed by atoms with Gasteiger partial charge in [0.1, 0.15) is 0 Å². The number of nitrogens with zero attached hydrogens (tertiary/aromatic N) is 3. The molecule has 0 saturated carbocycles. The molecule has 0 spiro atoms. The summed E-state index contributed by atoms with van der Waals surface area (Å²) in [6, 6.07) is 0.565. The Balaban J connectivity index is 2.30. The van der Waals surface area contributed by atoms with E-state index in [4.69, 9.17) is 0 Å². The Bertz CT molecular complexity index is 561. The van der Waals surface area contributed by atoms with Crippen molar-refractivity contribution in [3.8, 4) is 0 Å². The van der Waals surface area contributed by atoms with Crippen LogP contribution in [0.3, 0.4) is 0 Å². The van der Waals surface area contributed by atoms with Crippen LogP contribution in [0.15, 0.2) is 16.0 Å². The Morgan fingerprint density at radius 1 is 1.45 bits per heavy atom. The second-order valence-electron chi connectivity index (χ2n) is 5.09. The molecule has 2 aromatic rings. The fraction of sp³-hybridized carbons (Fsp3) is 0.571. The van der Waals surface area contributed by atoms with Crippen molar-refractivity contribution in [2.24, 2.45) is 0 Å². The van der Waals surface area contributed by atoms with E-state index in [0.29, 0.717) is 6.04 Å². The first-order chi connectivity index (χ1) is 9.52. The maximum atomic E-state index is 4.58. The van der Waals surface area contributed by atoms with Crippen molar-refractivity contribution in [3.63, 3.8) is 0 Å². The standard InChI is InChI=1S/C14H21BrN4S/c1-5-16-13(6-11-8-20-10(4)18-11)14-12(15)7-17-19(14)9(2)3/h7-9,13,16H,5-6H2,1-4H3. The molecule has 0 aliphatic heterocycles. The molecule has 2 heterocycles. The predicted octanol–water partition coefficient (Wildman–Crippen LogP) is 3.88. The second kappa shape index (κ2) is 6.83. The van der Waals surface area contributed by atoms with Gasteiger partial charge >= 0.3 is 0 Å². The molecule has 2 rings (SSSR count). The van der Waals surface area contributed by atoms with Gasteiger partial charge in [0.15, 0.2) is 0 Å². The Kier molecular flexibility index (Phi) is 5.35. The maximum Gasteiger partial charge on any atom is 0.0897 e. The molecular weight excluding hydrogens is 336 g/mol. The molecule has 0 saturated heterocycles. The van der Waals surface area contributed by atoms with E-state index in [1.54, 1.807) is 11.3 Å². The van der Waals surface area contributed by atoms with Gasteiger partial charge < -0.3 is 5.32 Å². The molecule has 1 atom stereocenters. The zero-order chi connectivity index (χ0) is 14.7. The zero-order valence-electron chi connectivity index (χ0n) is 12.4. The number of nitrogens with one attached hydrogen (secondary N) is 1. The maximum absolute atomic E-state index is 4.58. The lowest BCUT2D eigenvalue weighted by atomic mass is 10.1. The molecular formula is C14H21BrN4S. The summed E-state index contributed by atoms with van der Waals surface area (Å²) in [4.78, 5) is 4.58. The van der Waals surface area contributed by atoms with Crippen LogP contribution in [0.1, 0.15) is 49.3 Å². The largest absolute Gasteiger partial charge is 0.309 e. The van der Waals surface area contributed by atoms with Crippen LogP contribution in [-0.2, 0) is 6.42 Å². The van der Waals surface area contributed by atoms with Gasteiger partial charge in [0.25, 0.3) is 0 Å². The number of thiazole rings is 1. The molecule has 6 heteroatoms. The quantitative estimate of drug-likeness (QED) is 0.853. The lowest BCUT2D eigenvalue weighted by Crippen LogP contribution is -2.26. The average molecular weight is 357 g/mol. The number of rotatable bonds is 6. The summed E-state index contributed by atoms with van der Waals surface area (Å²) in [5, 5.41) is 11.3. The molecule has 0 radical (unpaired) electrons.